The number of ether oxygens (including phenoxy) is 2. The molecule has 11 heteroatoms. The summed E-state index contributed by atoms with van der Waals surface area (Å²) in [4.78, 5) is 25.4. The van der Waals surface area contributed by atoms with E-state index in [1.807, 2.05) is 0 Å². The summed E-state index contributed by atoms with van der Waals surface area (Å²) in [7, 11) is 0.802. The molecular formula is C16H11F4N3O4. The summed E-state index contributed by atoms with van der Waals surface area (Å²) in [5.74, 6) is -1.27. The molecule has 0 unspecified atom stereocenters. The van der Waals surface area contributed by atoms with Gasteiger partial charge in [0.2, 0.25) is 0 Å². The van der Waals surface area contributed by atoms with E-state index < -0.39 is 51.9 Å². The lowest BCUT2D eigenvalue weighted by Gasteiger charge is -2.18. The van der Waals surface area contributed by atoms with Gasteiger partial charge in [0.1, 0.15) is 11.5 Å². The first-order valence-corrected chi connectivity index (χ1v) is 7.53. The Hall–Kier alpha value is -2.97. The molecule has 1 aliphatic heterocycles. The van der Waals surface area contributed by atoms with E-state index in [1.165, 1.54) is 0 Å². The minimum Gasteiger partial charge on any atom is -0.346 e. The Morgan fingerprint density at radius 1 is 1.26 bits per heavy atom. The van der Waals surface area contributed by atoms with Crippen molar-refractivity contribution >= 4 is 0 Å². The molecule has 3 rings (SSSR count). The first-order chi connectivity index (χ1) is 12.7. The monoisotopic (exact) mass is 385 g/mol. The number of alkyl halides is 3. The number of H-pyrrole nitrogens is 1. The lowest BCUT2D eigenvalue weighted by Crippen LogP contribution is -2.35. The van der Waals surface area contributed by atoms with Crippen LogP contribution in [-0.4, -0.2) is 22.8 Å². The average molecular weight is 385 g/mol. The number of nitriles is 1. The van der Waals surface area contributed by atoms with Gasteiger partial charge in [0.25, 0.3) is 5.56 Å². The van der Waals surface area contributed by atoms with Gasteiger partial charge in [0.15, 0.2) is 6.29 Å². The number of halogens is 4. The van der Waals surface area contributed by atoms with Crippen LogP contribution in [0.25, 0.3) is 11.1 Å². The first-order valence-electron chi connectivity index (χ1n) is 7.53. The van der Waals surface area contributed by atoms with Crippen molar-refractivity contribution in [1.82, 2.24) is 9.55 Å². The van der Waals surface area contributed by atoms with Gasteiger partial charge in [0, 0.05) is 12.6 Å². The maximum atomic E-state index is 15.1. The van der Waals surface area contributed by atoms with Gasteiger partial charge in [-0.2, -0.15) is 18.4 Å². The highest BCUT2D eigenvalue weighted by molar-refractivity contribution is 5.69. The predicted molar refractivity (Wildman–Crippen MR) is 82.1 cm³/mol. The maximum absolute atomic E-state index is 15.1. The fourth-order valence-electron chi connectivity index (χ4n) is 2.84. The van der Waals surface area contributed by atoms with Crippen LogP contribution >= 0.6 is 0 Å². The molecule has 0 saturated carbocycles. The van der Waals surface area contributed by atoms with Gasteiger partial charge in [-0.3, -0.25) is 14.3 Å². The van der Waals surface area contributed by atoms with Crippen molar-refractivity contribution in [2.75, 3.05) is 13.2 Å². The fourth-order valence-corrected chi connectivity index (χ4v) is 2.84. The maximum Gasteiger partial charge on any atom is 0.432 e. The molecule has 2 aromatic rings. The average Bonchev–Trinajstić information content (AvgIpc) is 3.11. The molecule has 0 bridgehead atoms. The highest BCUT2D eigenvalue weighted by Gasteiger charge is 2.40. The summed E-state index contributed by atoms with van der Waals surface area (Å²) in [6, 6.07) is 3.64. The summed E-state index contributed by atoms with van der Waals surface area (Å²) in [5.41, 5.74) is -6.75. The zero-order valence-corrected chi connectivity index (χ0v) is 13.7. The molecule has 1 saturated heterocycles. The number of benzene rings is 1. The number of aromatic nitrogens is 2. The molecule has 0 spiro atoms. The van der Waals surface area contributed by atoms with Crippen molar-refractivity contribution < 1.29 is 27.0 Å². The van der Waals surface area contributed by atoms with E-state index >= 15 is 4.39 Å². The molecule has 1 aliphatic rings. The molecule has 7 nitrogen and oxygen atoms in total. The Morgan fingerprint density at radius 2 is 1.89 bits per heavy atom. The fraction of sp³-hybridized carbons (Fsp3) is 0.312. The van der Waals surface area contributed by atoms with Gasteiger partial charge < -0.3 is 9.47 Å². The zero-order valence-electron chi connectivity index (χ0n) is 13.7. The van der Waals surface area contributed by atoms with Gasteiger partial charge in [-0.1, -0.05) is 0 Å². The minimum atomic E-state index is -5.11. The smallest absolute Gasteiger partial charge is 0.346 e. The first kappa shape index (κ1) is 18.8. The summed E-state index contributed by atoms with van der Waals surface area (Å²) < 4.78 is 66.1. The lowest BCUT2D eigenvalue weighted by atomic mass is 9.97. The van der Waals surface area contributed by atoms with Gasteiger partial charge in [-0.25, -0.2) is 9.18 Å². The standard InChI is InChI=1S/C16H11F4N3O4/c1-23-12(16(18,19)20)10(13(24)22-15(23)25)8-3-2-7(6-21)9(11(8)17)14-26-4-5-27-14/h2-3,14H,4-5H2,1H3,(H,22,24,25). The van der Waals surface area contributed by atoms with Crippen LogP contribution in [0.2, 0.25) is 0 Å². The third-order valence-electron chi connectivity index (χ3n) is 4.02. The van der Waals surface area contributed by atoms with Crippen molar-refractivity contribution in [1.29, 1.82) is 5.26 Å². The van der Waals surface area contributed by atoms with Crippen LogP contribution in [0.3, 0.4) is 0 Å². The Kier molecular flexibility index (Phi) is 4.63. The van der Waals surface area contributed by atoms with Gasteiger partial charge in [-0.05, 0) is 12.1 Å². The molecule has 27 heavy (non-hydrogen) atoms. The van der Waals surface area contributed by atoms with E-state index in [-0.39, 0.29) is 23.3 Å². The summed E-state index contributed by atoms with van der Waals surface area (Å²) in [5, 5.41) is 9.16. The molecule has 1 aromatic carbocycles. The number of hydrogen-bond donors (Lipinski definition) is 1. The van der Waals surface area contributed by atoms with Crippen LogP contribution < -0.4 is 11.2 Å². The number of rotatable bonds is 2. The van der Waals surface area contributed by atoms with Crippen molar-refractivity contribution in [2.45, 2.75) is 12.5 Å². The van der Waals surface area contributed by atoms with Crippen LogP contribution in [-0.2, 0) is 22.7 Å². The Bertz CT molecular complexity index is 1060. The van der Waals surface area contributed by atoms with E-state index in [1.54, 1.807) is 11.1 Å². The van der Waals surface area contributed by atoms with Gasteiger partial charge >= 0.3 is 11.9 Å². The molecule has 0 atom stereocenters. The Labute approximate surface area is 148 Å². The van der Waals surface area contributed by atoms with Crippen molar-refractivity contribution in [3.63, 3.8) is 0 Å². The Morgan fingerprint density at radius 3 is 2.44 bits per heavy atom. The van der Waals surface area contributed by atoms with Gasteiger partial charge in [0.05, 0.1) is 36.0 Å². The molecule has 142 valence electrons. The van der Waals surface area contributed by atoms with E-state index in [2.05, 4.69) is 0 Å². The lowest BCUT2D eigenvalue weighted by molar-refractivity contribution is -0.143. The van der Waals surface area contributed by atoms with Crippen LogP contribution in [0.4, 0.5) is 17.6 Å². The summed E-state index contributed by atoms with van der Waals surface area (Å²) in [6.07, 6.45) is -6.40. The SMILES string of the molecule is Cn1c(C(F)(F)F)c(-c2ccc(C#N)c(C3OCCO3)c2F)c(=O)[nH]c1=O. The Balaban J connectivity index is 2.38. The van der Waals surface area contributed by atoms with Crippen LogP contribution in [0.15, 0.2) is 21.7 Å². The number of nitrogens with one attached hydrogen (secondary N) is 1. The summed E-state index contributed by atoms with van der Waals surface area (Å²) >= 11 is 0. The summed E-state index contributed by atoms with van der Waals surface area (Å²) in [6.45, 7) is 0.209. The molecule has 0 radical (unpaired) electrons. The third-order valence-corrected chi connectivity index (χ3v) is 4.02. The van der Waals surface area contributed by atoms with Crippen LogP contribution in [0.5, 0.6) is 0 Å². The van der Waals surface area contributed by atoms with Crippen molar-refractivity contribution in [2.24, 2.45) is 7.05 Å². The molecule has 1 aromatic heterocycles. The highest BCUT2D eigenvalue weighted by Crippen LogP contribution is 2.38. The number of hydrogen-bond acceptors (Lipinski definition) is 5. The molecular weight excluding hydrogens is 374 g/mol. The number of nitrogens with zero attached hydrogens (tertiary/aromatic N) is 2. The largest absolute Gasteiger partial charge is 0.432 e. The van der Waals surface area contributed by atoms with E-state index in [9.17, 15) is 22.8 Å². The van der Waals surface area contributed by atoms with Crippen molar-refractivity contribution in [3.8, 4) is 17.2 Å². The normalized spacial score (nSPS) is 15.1. The van der Waals surface area contributed by atoms with Crippen LogP contribution in [0, 0.1) is 17.1 Å². The zero-order chi connectivity index (χ0) is 19.9. The quantitative estimate of drug-likeness (QED) is 0.796. The van der Waals surface area contributed by atoms with Crippen LogP contribution in [0.1, 0.15) is 23.1 Å². The highest BCUT2D eigenvalue weighted by atomic mass is 19.4. The predicted octanol–water partition coefficient (Wildman–Crippen LogP) is 1.82. The molecule has 0 amide bonds. The molecule has 2 heterocycles. The second-order valence-electron chi connectivity index (χ2n) is 5.61. The topological polar surface area (TPSA) is 97.1 Å². The minimum absolute atomic E-state index is 0.105. The molecule has 1 fully saturated rings. The van der Waals surface area contributed by atoms with E-state index in [0.29, 0.717) is 0 Å². The van der Waals surface area contributed by atoms with E-state index in [0.717, 1.165) is 19.2 Å². The second-order valence-corrected chi connectivity index (χ2v) is 5.61. The third kappa shape index (κ3) is 3.13. The van der Waals surface area contributed by atoms with Gasteiger partial charge in [-0.15, -0.1) is 0 Å². The number of aromatic amines is 1. The molecule has 1 N–H and O–H groups in total. The second kappa shape index (κ2) is 6.64. The van der Waals surface area contributed by atoms with Crippen molar-refractivity contribution in [3.05, 3.63) is 55.6 Å². The van der Waals surface area contributed by atoms with E-state index in [4.69, 9.17) is 14.7 Å². The molecule has 0 aliphatic carbocycles.